The van der Waals surface area contributed by atoms with Crippen molar-refractivity contribution >= 4 is 11.7 Å². The molecule has 7 nitrogen and oxygen atoms in total. The van der Waals surface area contributed by atoms with Crippen molar-refractivity contribution in [1.29, 1.82) is 0 Å². The van der Waals surface area contributed by atoms with Crippen LogP contribution in [0.25, 0.3) is 0 Å². The van der Waals surface area contributed by atoms with E-state index in [-0.39, 0.29) is 18.7 Å². The quantitative estimate of drug-likeness (QED) is 0.925. The van der Waals surface area contributed by atoms with Crippen molar-refractivity contribution in [3.8, 4) is 11.5 Å². The largest absolute Gasteiger partial charge is 0.454 e. The average molecular weight is 340 g/mol. The number of hydrogen-bond acceptors (Lipinski definition) is 6. The zero-order valence-electron chi connectivity index (χ0n) is 14.3. The van der Waals surface area contributed by atoms with Crippen molar-refractivity contribution in [3.05, 3.63) is 41.3 Å². The van der Waals surface area contributed by atoms with E-state index in [4.69, 9.17) is 9.47 Å². The summed E-state index contributed by atoms with van der Waals surface area (Å²) in [6.07, 6.45) is 1.86. The van der Waals surface area contributed by atoms with Crippen LogP contribution in [0.3, 0.4) is 0 Å². The third-order valence-electron chi connectivity index (χ3n) is 4.59. The number of carbonyl (C=O) groups excluding carboxylic acids is 1. The van der Waals surface area contributed by atoms with E-state index in [1.807, 2.05) is 24.9 Å². The number of anilines is 1. The van der Waals surface area contributed by atoms with Crippen molar-refractivity contribution in [2.45, 2.75) is 25.8 Å². The van der Waals surface area contributed by atoms with Crippen LogP contribution < -0.4 is 14.8 Å². The second-order valence-electron chi connectivity index (χ2n) is 6.20. The van der Waals surface area contributed by atoms with Crippen molar-refractivity contribution in [3.63, 3.8) is 0 Å². The Hall–Kier alpha value is -2.83. The van der Waals surface area contributed by atoms with Gasteiger partial charge in [-0.2, -0.15) is 0 Å². The van der Waals surface area contributed by atoms with Crippen LogP contribution in [0.4, 0.5) is 5.82 Å². The molecule has 0 spiro atoms. The number of fused-ring (bicyclic) bond motifs is 1. The Balaban J connectivity index is 1.63. The van der Waals surface area contributed by atoms with E-state index >= 15 is 0 Å². The van der Waals surface area contributed by atoms with Crippen LogP contribution in [0.2, 0.25) is 0 Å². The summed E-state index contributed by atoms with van der Waals surface area (Å²) in [5.41, 5.74) is 1.49. The van der Waals surface area contributed by atoms with Crippen LogP contribution in [0, 0.1) is 6.92 Å². The fourth-order valence-corrected chi connectivity index (χ4v) is 3.40. The highest BCUT2D eigenvalue weighted by Crippen LogP contribution is 2.36. The number of likely N-dealkylation sites (tertiary alicyclic amines) is 1. The van der Waals surface area contributed by atoms with Gasteiger partial charge >= 0.3 is 0 Å². The first kappa shape index (κ1) is 15.7. The molecule has 1 N–H and O–H groups in total. The average Bonchev–Trinajstić information content (AvgIpc) is 3.28. The van der Waals surface area contributed by atoms with Gasteiger partial charge < -0.3 is 19.7 Å². The summed E-state index contributed by atoms with van der Waals surface area (Å²) < 4.78 is 10.7. The first-order valence-corrected chi connectivity index (χ1v) is 8.39. The Kier molecular flexibility index (Phi) is 3.91. The fraction of sp³-hybridized carbons (Fsp3) is 0.389. The Bertz CT molecular complexity index is 824. The third kappa shape index (κ3) is 2.86. The Labute approximate surface area is 146 Å². The van der Waals surface area contributed by atoms with Crippen molar-refractivity contribution in [2.24, 2.45) is 0 Å². The van der Waals surface area contributed by atoms with Crippen LogP contribution in [0.5, 0.6) is 11.5 Å². The number of rotatable bonds is 3. The van der Waals surface area contributed by atoms with Gasteiger partial charge in [-0.25, -0.2) is 9.97 Å². The van der Waals surface area contributed by atoms with Crippen molar-refractivity contribution < 1.29 is 14.3 Å². The minimum Gasteiger partial charge on any atom is -0.454 e. The summed E-state index contributed by atoms with van der Waals surface area (Å²) in [6, 6.07) is 7.21. The van der Waals surface area contributed by atoms with E-state index in [0.29, 0.717) is 22.9 Å². The van der Waals surface area contributed by atoms with Crippen LogP contribution >= 0.6 is 0 Å². The SMILES string of the molecule is CNc1cc([C@@H]2CCCN2C(=O)c2ccc3c(c2)OCO3)nc(C)n1. The molecule has 1 aromatic heterocycles. The molecule has 0 radical (unpaired) electrons. The van der Waals surface area contributed by atoms with Crippen LogP contribution in [0.15, 0.2) is 24.3 Å². The number of nitrogens with one attached hydrogen (secondary N) is 1. The highest BCUT2D eigenvalue weighted by Gasteiger charge is 2.32. The maximum absolute atomic E-state index is 13.0. The zero-order valence-corrected chi connectivity index (χ0v) is 14.3. The molecule has 7 heteroatoms. The standard InChI is InChI=1S/C18H20N4O3/c1-11-20-13(9-17(19-2)21-11)14-4-3-7-22(14)18(23)12-5-6-15-16(8-12)25-10-24-15/h5-6,8-9,14H,3-4,7,10H2,1-2H3,(H,19,20,21)/t14-/m0/s1. The second-order valence-corrected chi connectivity index (χ2v) is 6.20. The lowest BCUT2D eigenvalue weighted by Crippen LogP contribution is -2.31. The molecule has 1 fully saturated rings. The minimum absolute atomic E-state index is 0.0110. The molecule has 3 heterocycles. The molecular weight excluding hydrogens is 320 g/mol. The Morgan fingerprint density at radius 2 is 2.08 bits per heavy atom. The summed E-state index contributed by atoms with van der Waals surface area (Å²) in [4.78, 5) is 23.8. The number of hydrogen-bond donors (Lipinski definition) is 1. The maximum Gasteiger partial charge on any atom is 0.254 e. The molecule has 4 rings (SSSR count). The third-order valence-corrected chi connectivity index (χ3v) is 4.59. The topological polar surface area (TPSA) is 76.6 Å². The molecule has 1 atom stereocenters. The van der Waals surface area contributed by atoms with Gasteiger partial charge in [0.15, 0.2) is 11.5 Å². The van der Waals surface area contributed by atoms with E-state index in [2.05, 4.69) is 15.3 Å². The number of ether oxygens (including phenoxy) is 2. The normalized spacial score (nSPS) is 18.5. The number of aryl methyl sites for hydroxylation is 1. The van der Waals surface area contributed by atoms with Gasteiger partial charge in [0.05, 0.1) is 11.7 Å². The first-order chi connectivity index (χ1) is 12.2. The lowest BCUT2D eigenvalue weighted by Gasteiger charge is -2.25. The van der Waals surface area contributed by atoms with Gasteiger partial charge in [-0.15, -0.1) is 0 Å². The van der Waals surface area contributed by atoms with E-state index in [1.54, 1.807) is 18.2 Å². The van der Waals surface area contributed by atoms with Crippen LogP contribution in [-0.4, -0.2) is 41.2 Å². The number of benzene rings is 1. The molecule has 1 aromatic carbocycles. The van der Waals surface area contributed by atoms with Gasteiger partial charge in [0.25, 0.3) is 5.91 Å². The molecule has 1 amide bonds. The predicted octanol–water partition coefficient (Wildman–Crippen LogP) is 2.53. The fourth-order valence-electron chi connectivity index (χ4n) is 3.40. The smallest absolute Gasteiger partial charge is 0.254 e. The molecule has 0 unspecified atom stereocenters. The van der Waals surface area contributed by atoms with E-state index in [9.17, 15) is 4.79 Å². The Morgan fingerprint density at radius 3 is 2.92 bits per heavy atom. The maximum atomic E-state index is 13.0. The summed E-state index contributed by atoms with van der Waals surface area (Å²) in [7, 11) is 1.83. The summed E-state index contributed by atoms with van der Waals surface area (Å²) in [6.45, 7) is 2.78. The number of amides is 1. The number of nitrogens with zero attached hydrogens (tertiary/aromatic N) is 3. The first-order valence-electron chi connectivity index (χ1n) is 8.39. The summed E-state index contributed by atoms with van der Waals surface area (Å²) in [5, 5.41) is 3.05. The van der Waals surface area contributed by atoms with Gasteiger partial charge in [0.2, 0.25) is 6.79 Å². The van der Waals surface area contributed by atoms with Crippen LogP contribution in [-0.2, 0) is 0 Å². The highest BCUT2D eigenvalue weighted by molar-refractivity contribution is 5.95. The molecule has 0 aliphatic carbocycles. The van der Waals surface area contributed by atoms with Crippen LogP contribution in [0.1, 0.15) is 40.8 Å². The van der Waals surface area contributed by atoms with Gasteiger partial charge in [0, 0.05) is 25.2 Å². The van der Waals surface area contributed by atoms with Crippen molar-refractivity contribution in [1.82, 2.24) is 14.9 Å². The molecule has 1 saturated heterocycles. The lowest BCUT2D eigenvalue weighted by atomic mass is 10.1. The molecule has 2 aliphatic rings. The molecule has 25 heavy (non-hydrogen) atoms. The zero-order chi connectivity index (χ0) is 17.4. The molecule has 2 aliphatic heterocycles. The molecule has 2 aromatic rings. The second kappa shape index (κ2) is 6.23. The van der Waals surface area contributed by atoms with Gasteiger partial charge in [-0.1, -0.05) is 0 Å². The van der Waals surface area contributed by atoms with Gasteiger partial charge in [0.1, 0.15) is 11.6 Å². The highest BCUT2D eigenvalue weighted by atomic mass is 16.7. The van der Waals surface area contributed by atoms with Crippen molar-refractivity contribution in [2.75, 3.05) is 25.7 Å². The minimum atomic E-state index is -0.0354. The van der Waals surface area contributed by atoms with E-state index < -0.39 is 0 Å². The molecular formula is C18H20N4O3. The number of aromatic nitrogens is 2. The lowest BCUT2D eigenvalue weighted by molar-refractivity contribution is 0.0732. The van der Waals surface area contributed by atoms with Gasteiger partial charge in [-0.3, -0.25) is 4.79 Å². The summed E-state index contributed by atoms with van der Waals surface area (Å²) >= 11 is 0. The van der Waals surface area contributed by atoms with E-state index in [0.717, 1.165) is 30.9 Å². The van der Waals surface area contributed by atoms with E-state index in [1.165, 1.54) is 0 Å². The molecule has 0 saturated carbocycles. The predicted molar refractivity (Wildman–Crippen MR) is 91.9 cm³/mol. The monoisotopic (exact) mass is 340 g/mol. The van der Waals surface area contributed by atoms with Gasteiger partial charge in [-0.05, 0) is 38.0 Å². The summed E-state index contributed by atoms with van der Waals surface area (Å²) in [5.74, 6) is 2.76. The molecule has 130 valence electrons. The Morgan fingerprint density at radius 1 is 1.24 bits per heavy atom. The molecule has 0 bridgehead atoms. The number of carbonyl (C=O) groups is 1.